The van der Waals surface area contributed by atoms with Crippen LogP contribution >= 0.6 is 0 Å². The normalized spacial score (nSPS) is 15.1. The summed E-state index contributed by atoms with van der Waals surface area (Å²) in [5, 5.41) is 6.32. The lowest BCUT2D eigenvalue weighted by Crippen LogP contribution is -2.43. The van der Waals surface area contributed by atoms with E-state index in [4.69, 9.17) is 9.47 Å². The molecule has 0 fully saturated rings. The zero-order valence-corrected chi connectivity index (χ0v) is 19.8. The quantitative estimate of drug-likeness (QED) is 0.398. The van der Waals surface area contributed by atoms with Gasteiger partial charge in [0.15, 0.2) is 5.78 Å². The van der Waals surface area contributed by atoms with E-state index in [1.807, 2.05) is 18.2 Å². The van der Waals surface area contributed by atoms with Gasteiger partial charge in [0.2, 0.25) is 0 Å². The van der Waals surface area contributed by atoms with Crippen molar-refractivity contribution in [1.82, 2.24) is 5.32 Å². The lowest BCUT2D eigenvalue weighted by atomic mass is 9.85. The summed E-state index contributed by atoms with van der Waals surface area (Å²) >= 11 is 0. The van der Waals surface area contributed by atoms with Crippen molar-refractivity contribution in [3.8, 4) is 11.5 Å². The van der Waals surface area contributed by atoms with Crippen molar-refractivity contribution in [3.05, 3.63) is 95.1 Å². The minimum absolute atomic E-state index is 0.187. The second-order valence-corrected chi connectivity index (χ2v) is 8.89. The molecule has 0 aliphatic carbocycles. The Bertz CT molecular complexity index is 1260. The summed E-state index contributed by atoms with van der Waals surface area (Å²) in [5.74, 6) is 0.959. The number of ether oxygens (including phenoxy) is 2. The van der Waals surface area contributed by atoms with Crippen LogP contribution in [0.25, 0.3) is 5.70 Å². The number of carbonyl (C=O) groups excluding carboxylic acids is 2. The number of carbonyl (C=O) groups is 2. The molecule has 174 valence electrons. The molecule has 34 heavy (non-hydrogen) atoms. The summed E-state index contributed by atoms with van der Waals surface area (Å²) in [7, 11) is 3.21. The molecular formula is C28H28N2O4. The third-order valence-electron chi connectivity index (χ3n) is 5.75. The van der Waals surface area contributed by atoms with Gasteiger partial charge in [-0.25, -0.2) is 0 Å². The van der Waals surface area contributed by atoms with Crippen LogP contribution in [0.3, 0.4) is 0 Å². The van der Waals surface area contributed by atoms with E-state index < -0.39 is 0 Å². The molecule has 0 saturated carbocycles. The van der Waals surface area contributed by atoms with Crippen molar-refractivity contribution < 1.29 is 19.1 Å². The van der Waals surface area contributed by atoms with Crippen LogP contribution in [0.4, 0.5) is 5.69 Å². The number of benzene rings is 3. The van der Waals surface area contributed by atoms with Crippen LogP contribution in [-0.2, 0) is 6.42 Å². The first-order valence-corrected chi connectivity index (χ1v) is 11.0. The van der Waals surface area contributed by atoms with Crippen LogP contribution in [0.2, 0.25) is 0 Å². The lowest BCUT2D eigenvalue weighted by Gasteiger charge is -2.35. The predicted octanol–water partition coefficient (Wildman–Crippen LogP) is 5.10. The van der Waals surface area contributed by atoms with Gasteiger partial charge in [-0.1, -0.05) is 18.2 Å². The molecule has 0 radical (unpaired) electrons. The van der Waals surface area contributed by atoms with Gasteiger partial charge in [0.1, 0.15) is 11.5 Å². The average Bonchev–Trinajstić information content (AvgIpc) is 2.83. The Balaban J connectivity index is 1.59. The summed E-state index contributed by atoms with van der Waals surface area (Å²) in [6.45, 7) is 4.20. The van der Waals surface area contributed by atoms with Crippen molar-refractivity contribution in [1.29, 1.82) is 0 Å². The second kappa shape index (κ2) is 9.43. The lowest BCUT2D eigenvalue weighted by molar-refractivity contribution is 0.102. The fourth-order valence-electron chi connectivity index (χ4n) is 4.06. The molecule has 1 amide bonds. The van der Waals surface area contributed by atoms with Gasteiger partial charge in [-0.3, -0.25) is 9.59 Å². The number of rotatable bonds is 6. The molecule has 3 aromatic carbocycles. The first-order chi connectivity index (χ1) is 16.3. The zero-order valence-electron chi connectivity index (χ0n) is 19.8. The fraction of sp³-hybridized carbons (Fsp3) is 0.214. The van der Waals surface area contributed by atoms with Gasteiger partial charge in [-0.2, -0.15) is 0 Å². The molecule has 0 saturated heterocycles. The first-order valence-electron chi connectivity index (χ1n) is 11.0. The SMILES string of the molecule is COc1ccc(NC(=O)c2cccc(C(=O)/C=C3\NC(C)(C)Cc4ccc(OC)cc43)c2)cc1. The summed E-state index contributed by atoms with van der Waals surface area (Å²) in [5.41, 5.74) is 4.11. The minimum Gasteiger partial charge on any atom is -0.497 e. The van der Waals surface area contributed by atoms with E-state index in [-0.39, 0.29) is 17.2 Å². The number of amides is 1. The molecule has 6 heteroatoms. The van der Waals surface area contributed by atoms with Crippen LogP contribution in [-0.4, -0.2) is 31.4 Å². The molecule has 1 heterocycles. The molecule has 1 aliphatic heterocycles. The van der Waals surface area contributed by atoms with E-state index in [1.165, 1.54) is 0 Å². The number of methoxy groups -OCH3 is 2. The van der Waals surface area contributed by atoms with Crippen LogP contribution in [0, 0.1) is 0 Å². The number of fused-ring (bicyclic) bond motifs is 1. The number of hydrogen-bond donors (Lipinski definition) is 2. The van der Waals surface area contributed by atoms with Gasteiger partial charge in [0, 0.05) is 39.7 Å². The molecule has 6 nitrogen and oxygen atoms in total. The number of ketones is 1. The van der Waals surface area contributed by atoms with Crippen LogP contribution in [0.1, 0.15) is 45.7 Å². The molecule has 0 bridgehead atoms. The summed E-state index contributed by atoms with van der Waals surface area (Å²) < 4.78 is 10.5. The molecule has 0 unspecified atom stereocenters. The van der Waals surface area contributed by atoms with E-state index >= 15 is 0 Å². The van der Waals surface area contributed by atoms with E-state index in [0.29, 0.717) is 22.6 Å². The highest BCUT2D eigenvalue weighted by atomic mass is 16.5. The predicted molar refractivity (Wildman–Crippen MR) is 134 cm³/mol. The maximum atomic E-state index is 13.2. The maximum Gasteiger partial charge on any atom is 0.255 e. The van der Waals surface area contributed by atoms with E-state index in [2.05, 4.69) is 24.5 Å². The Labute approximate surface area is 199 Å². The van der Waals surface area contributed by atoms with E-state index in [1.54, 1.807) is 68.8 Å². The highest BCUT2D eigenvalue weighted by Crippen LogP contribution is 2.32. The summed E-state index contributed by atoms with van der Waals surface area (Å²) in [4.78, 5) is 26.0. The number of anilines is 1. The average molecular weight is 457 g/mol. The Morgan fingerprint density at radius 2 is 1.59 bits per heavy atom. The van der Waals surface area contributed by atoms with Crippen molar-refractivity contribution in [2.75, 3.05) is 19.5 Å². The summed E-state index contributed by atoms with van der Waals surface area (Å²) in [6.07, 6.45) is 2.43. The molecular weight excluding hydrogens is 428 g/mol. The molecule has 0 aromatic heterocycles. The van der Waals surface area contributed by atoms with Gasteiger partial charge < -0.3 is 20.1 Å². The molecule has 4 rings (SSSR count). The highest BCUT2D eigenvalue weighted by molar-refractivity contribution is 6.11. The molecule has 3 aromatic rings. The largest absolute Gasteiger partial charge is 0.497 e. The highest BCUT2D eigenvalue weighted by Gasteiger charge is 2.28. The van der Waals surface area contributed by atoms with Gasteiger partial charge in [0.25, 0.3) is 5.91 Å². The third-order valence-corrected chi connectivity index (χ3v) is 5.75. The Morgan fingerprint density at radius 3 is 2.29 bits per heavy atom. The minimum atomic E-state index is -0.292. The molecule has 1 aliphatic rings. The zero-order chi connectivity index (χ0) is 24.3. The van der Waals surface area contributed by atoms with Gasteiger partial charge in [0.05, 0.1) is 14.2 Å². The Kier molecular flexibility index (Phi) is 6.41. The number of allylic oxidation sites excluding steroid dienone is 1. The van der Waals surface area contributed by atoms with Crippen LogP contribution in [0.5, 0.6) is 11.5 Å². The van der Waals surface area contributed by atoms with Crippen molar-refractivity contribution in [3.63, 3.8) is 0 Å². The smallest absolute Gasteiger partial charge is 0.255 e. The maximum absolute atomic E-state index is 13.2. The standard InChI is InChI=1S/C28H28N2O4/c1-28(2)17-20-8-11-23(34-4)15-24(20)25(30-28)16-26(31)18-6-5-7-19(14-18)27(32)29-21-9-12-22(33-3)13-10-21/h5-16,30H,17H2,1-4H3,(H,29,32)/b25-16-. The molecule has 2 N–H and O–H groups in total. The van der Waals surface area contributed by atoms with E-state index in [9.17, 15) is 9.59 Å². The fourth-order valence-corrected chi connectivity index (χ4v) is 4.06. The van der Waals surface area contributed by atoms with Crippen molar-refractivity contribution >= 4 is 23.1 Å². The molecule has 0 atom stereocenters. The van der Waals surface area contributed by atoms with Gasteiger partial charge >= 0.3 is 0 Å². The first kappa shape index (κ1) is 23.1. The third kappa shape index (κ3) is 5.12. The van der Waals surface area contributed by atoms with Crippen molar-refractivity contribution in [2.24, 2.45) is 0 Å². The van der Waals surface area contributed by atoms with Crippen LogP contribution in [0.15, 0.2) is 72.8 Å². The second-order valence-electron chi connectivity index (χ2n) is 8.89. The summed E-state index contributed by atoms with van der Waals surface area (Å²) in [6, 6.07) is 19.7. The van der Waals surface area contributed by atoms with E-state index in [0.717, 1.165) is 29.0 Å². The topological polar surface area (TPSA) is 76.7 Å². The van der Waals surface area contributed by atoms with Gasteiger partial charge in [-0.15, -0.1) is 0 Å². The monoisotopic (exact) mass is 456 g/mol. The molecule has 0 spiro atoms. The Morgan fingerprint density at radius 1 is 0.912 bits per heavy atom. The number of hydrogen-bond acceptors (Lipinski definition) is 5. The van der Waals surface area contributed by atoms with Crippen LogP contribution < -0.4 is 20.1 Å². The van der Waals surface area contributed by atoms with Gasteiger partial charge in [-0.05, 0) is 74.4 Å². The Hall–Kier alpha value is -4.06. The number of nitrogens with one attached hydrogen (secondary N) is 2. The van der Waals surface area contributed by atoms with Crippen molar-refractivity contribution in [2.45, 2.75) is 25.8 Å².